The zero-order chi connectivity index (χ0) is 20.1. The summed E-state index contributed by atoms with van der Waals surface area (Å²) in [7, 11) is 1.75. The lowest BCUT2D eigenvalue weighted by Crippen LogP contribution is -2.45. The van der Waals surface area contributed by atoms with Crippen LogP contribution in [0.25, 0.3) is 11.5 Å². The Morgan fingerprint density at radius 2 is 2.00 bits per heavy atom. The maximum absolute atomic E-state index is 12.6. The van der Waals surface area contributed by atoms with Gasteiger partial charge in [0.1, 0.15) is 6.26 Å². The Morgan fingerprint density at radius 1 is 1.23 bits per heavy atom. The Bertz CT molecular complexity index is 848. The van der Waals surface area contributed by atoms with Gasteiger partial charge in [-0.25, -0.2) is 4.98 Å². The average molecular weight is 523 g/mol. The number of likely N-dealkylation sites (tertiary alicyclic amines) is 1. The highest BCUT2D eigenvalue weighted by atomic mass is 127. The van der Waals surface area contributed by atoms with E-state index >= 15 is 0 Å². The smallest absolute Gasteiger partial charge is 0.226 e. The van der Waals surface area contributed by atoms with Crippen LogP contribution in [0.4, 0.5) is 0 Å². The summed E-state index contributed by atoms with van der Waals surface area (Å²) in [6.45, 7) is 2.10. The molecule has 1 amide bonds. The van der Waals surface area contributed by atoms with Crippen molar-refractivity contribution >= 4 is 35.8 Å². The Morgan fingerprint density at radius 3 is 2.73 bits per heavy atom. The van der Waals surface area contributed by atoms with Gasteiger partial charge in [0.2, 0.25) is 11.8 Å². The predicted molar refractivity (Wildman–Crippen MR) is 128 cm³/mol. The van der Waals surface area contributed by atoms with Gasteiger partial charge in [-0.1, -0.05) is 31.0 Å². The number of rotatable bonds is 5. The minimum absolute atomic E-state index is 0. The number of hydrogen-bond acceptors (Lipinski definition) is 4. The molecule has 1 atom stereocenters. The number of carbonyl (C=O) groups is 1. The number of benzene rings is 1. The number of aromatic nitrogens is 1. The third-order valence-corrected chi connectivity index (χ3v) is 5.78. The third-order valence-electron chi connectivity index (χ3n) is 5.78. The molecule has 1 aliphatic heterocycles. The van der Waals surface area contributed by atoms with Crippen molar-refractivity contribution in [2.24, 2.45) is 10.9 Å². The second kappa shape index (κ2) is 10.8. The van der Waals surface area contributed by atoms with E-state index in [-0.39, 0.29) is 35.9 Å². The first-order chi connectivity index (χ1) is 14.2. The summed E-state index contributed by atoms with van der Waals surface area (Å²) in [5, 5.41) is 6.73. The SMILES string of the molecule is CN=C(NCc1coc(-c2ccccc2)n1)NC1CCN(C(=O)C2CCCC2)C1.I. The molecule has 2 aliphatic rings. The summed E-state index contributed by atoms with van der Waals surface area (Å²) in [4.78, 5) is 23.5. The Labute approximate surface area is 194 Å². The second-order valence-electron chi connectivity index (χ2n) is 7.83. The minimum atomic E-state index is 0. The minimum Gasteiger partial charge on any atom is -0.444 e. The topological polar surface area (TPSA) is 82.8 Å². The standard InChI is InChI=1S/C22H29N5O2.HI/c1-23-22(24-13-19-15-29-20(25-19)16-7-3-2-4-8-16)26-18-11-12-27(14-18)21(28)17-9-5-6-10-17;/h2-4,7-8,15,17-18H,5-6,9-14H2,1H3,(H2,23,24,26);1H. The molecule has 8 heteroatoms. The van der Waals surface area contributed by atoms with Gasteiger partial charge >= 0.3 is 0 Å². The first-order valence-electron chi connectivity index (χ1n) is 10.5. The van der Waals surface area contributed by atoms with Gasteiger partial charge in [0, 0.05) is 37.7 Å². The van der Waals surface area contributed by atoms with Crippen molar-refractivity contribution < 1.29 is 9.21 Å². The molecule has 0 spiro atoms. The van der Waals surface area contributed by atoms with E-state index in [0.717, 1.165) is 49.6 Å². The van der Waals surface area contributed by atoms with Crippen molar-refractivity contribution in [1.82, 2.24) is 20.5 Å². The van der Waals surface area contributed by atoms with Gasteiger partial charge < -0.3 is 20.0 Å². The molecule has 2 heterocycles. The largest absolute Gasteiger partial charge is 0.444 e. The predicted octanol–water partition coefficient (Wildman–Crippen LogP) is 3.42. The van der Waals surface area contributed by atoms with Crippen LogP contribution in [0.3, 0.4) is 0 Å². The molecule has 2 N–H and O–H groups in total. The number of carbonyl (C=O) groups excluding carboxylic acids is 1. The van der Waals surface area contributed by atoms with E-state index in [4.69, 9.17) is 4.42 Å². The van der Waals surface area contributed by atoms with Crippen molar-refractivity contribution in [3.8, 4) is 11.5 Å². The summed E-state index contributed by atoms with van der Waals surface area (Å²) in [5.74, 6) is 1.92. The Hall–Kier alpha value is -2.10. The van der Waals surface area contributed by atoms with Gasteiger partial charge in [-0.05, 0) is 31.4 Å². The maximum Gasteiger partial charge on any atom is 0.226 e. The first kappa shape index (κ1) is 22.6. The van der Waals surface area contributed by atoms with Gasteiger partial charge in [-0.15, -0.1) is 24.0 Å². The van der Waals surface area contributed by atoms with Crippen molar-refractivity contribution in [2.75, 3.05) is 20.1 Å². The molecular weight excluding hydrogens is 493 g/mol. The van der Waals surface area contributed by atoms with Gasteiger partial charge in [0.05, 0.1) is 12.2 Å². The van der Waals surface area contributed by atoms with Crippen LogP contribution in [-0.4, -0.2) is 47.9 Å². The highest BCUT2D eigenvalue weighted by Crippen LogP contribution is 2.27. The molecule has 7 nitrogen and oxygen atoms in total. The molecule has 0 radical (unpaired) electrons. The molecule has 2 fully saturated rings. The molecular formula is C22H30IN5O2. The molecule has 1 aliphatic carbocycles. The number of oxazole rings is 1. The number of nitrogens with one attached hydrogen (secondary N) is 2. The number of amides is 1. The van der Waals surface area contributed by atoms with Crippen LogP contribution in [0.2, 0.25) is 0 Å². The summed E-state index contributed by atoms with van der Waals surface area (Å²) in [5.41, 5.74) is 1.77. The van der Waals surface area contributed by atoms with Crippen molar-refractivity contribution in [1.29, 1.82) is 0 Å². The Kier molecular flexibility index (Phi) is 8.12. The highest BCUT2D eigenvalue weighted by molar-refractivity contribution is 14.0. The maximum atomic E-state index is 12.6. The fourth-order valence-electron chi connectivity index (χ4n) is 4.17. The van der Waals surface area contributed by atoms with E-state index in [1.54, 1.807) is 13.3 Å². The van der Waals surface area contributed by atoms with Gasteiger partial charge in [0.25, 0.3) is 0 Å². The Balaban J connectivity index is 0.00000256. The van der Waals surface area contributed by atoms with Crippen molar-refractivity contribution in [3.63, 3.8) is 0 Å². The molecule has 2 aromatic rings. The molecule has 1 saturated carbocycles. The molecule has 30 heavy (non-hydrogen) atoms. The number of hydrogen-bond donors (Lipinski definition) is 2. The lowest BCUT2D eigenvalue weighted by atomic mass is 10.1. The van der Waals surface area contributed by atoms with Crippen LogP contribution >= 0.6 is 24.0 Å². The van der Waals surface area contributed by atoms with E-state index < -0.39 is 0 Å². The number of guanidine groups is 1. The quantitative estimate of drug-likeness (QED) is 0.357. The third kappa shape index (κ3) is 5.53. The van der Waals surface area contributed by atoms with Crippen LogP contribution < -0.4 is 10.6 Å². The van der Waals surface area contributed by atoms with Crippen LogP contribution in [0.5, 0.6) is 0 Å². The number of nitrogens with zero attached hydrogens (tertiary/aromatic N) is 3. The summed E-state index contributed by atoms with van der Waals surface area (Å²) in [6.07, 6.45) is 7.10. The highest BCUT2D eigenvalue weighted by Gasteiger charge is 2.32. The lowest BCUT2D eigenvalue weighted by molar-refractivity contribution is -0.134. The van der Waals surface area contributed by atoms with Crippen LogP contribution in [0.1, 0.15) is 37.8 Å². The normalized spacial score (nSPS) is 19.6. The van der Waals surface area contributed by atoms with Crippen LogP contribution in [0, 0.1) is 5.92 Å². The molecule has 4 rings (SSSR count). The zero-order valence-corrected chi connectivity index (χ0v) is 19.7. The average Bonchev–Trinajstić information content (AvgIpc) is 3.53. The summed E-state index contributed by atoms with van der Waals surface area (Å²) < 4.78 is 5.58. The van der Waals surface area contributed by atoms with Crippen molar-refractivity contribution in [2.45, 2.75) is 44.7 Å². The fraction of sp³-hybridized carbons (Fsp3) is 0.500. The molecule has 0 bridgehead atoms. The summed E-state index contributed by atoms with van der Waals surface area (Å²) >= 11 is 0. The van der Waals surface area contributed by atoms with E-state index in [0.29, 0.717) is 18.3 Å². The van der Waals surface area contributed by atoms with Crippen LogP contribution in [-0.2, 0) is 11.3 Å². The monoisotopic (exact) mass is 523 g/mol. The van der Waals surface area contributed by atoms with Gasteiger partial charge in [-0.3, -0.25) is 9.79 Å². The molecule has 1 aromatic carbocycles. The van der Waals surface area contributed by atoms with E-state index in [2.05, 4.69) is 20.6 Å². The molecule has 162 valence electrons. The van der Waals surface area contributed by atoms with Crippen molar-refractivity contribution in [3.05, 3.63) is 42.3 Å². The van der Waals surface area contributed by atoms with E-state index in [9.17, 15) is 4.79 Å². The van der Waals surface area contributed by atoms with Gasteiger partial charge in [-0.2, -0.15) is 0 Å². The van der Waals surface area contributed by atoms with E-state index in [1.165, 1.54) is 12.8 Å². The lowest BCUT2D eigenvalue weighted by Gasteiger charge is -2.21. The van der Waals surface area contributed by atoms with Crippen LogP contribution in [0.15, 0.2) is 46.0 Å². The zero-order valence-electron chi connectivity index (χ0n) is 17.3. The number of aliphatic imine (C=N–C) groups is 1. The second-order valence-corrected chi connectivity index (χ2v) is 7.83. The fourth-order valence-corrected chi connectivity index (χ4v) is 4.17. The first-order valence-corrected chi connectivity index (χ1v) is 10.5. The van der Waals surface area contributed by atoms with E-state index in [1.807, 2.05) is 35.2 Å². The molecule has 1 saturated heterocycles. The molecule has 1 aromatic heterocycles. The molecule has 1 unspecified atom stereocenters. The summed E-state index contributed by atoms with van der Waals surface area (Å²) in [6, 6.07) is 10.1. The van der Waals surface area contributed by atoms with Gasteiger partial charge in [0.15, 0.2) is 5.96 Å². The number of halogens is 1.